The number of benzene rings is 1. The summed E-state index contributed by atoms with van der Waals surface area (Å²) < 4.78 is 5.10. The second-order valence-electron chi connectivity index (χ2n) is 5.74. The number of carbonyl (C=O) groups excluding carboxylic acids is 2. The molecule has 0 fully saturated rings. The van der Waals surface area contributed by atoms with Crippen molar-refractivity contribution in [3.63, 3.8) is 0 Å². The van der Waals surface area contributed by atoms with Crippen molar-refractivity contribution in [2.75, 3.05) is 6.61 Å². The molecule has 0 saturated carbocycles. The summed E-state index contributed by atoms with van der Waals surface area (Å²) in [6, 6.07) is 8.95. The first-order valence-corrected chi connectivity index (χ1v) is 7.25. The molecular formula is C17H20N2O3. The predicted molar refractivity (Wildman–Crippen MR) is 84.5 cm³/mol. The van der Waals surface area contributed by atoms with Crippen molar-refractivity contribution in [1.82, 2.24) is 10.3 Å². The van der Waals surface area contributed by atoms with E-state index in [1.165, 1.54) is 0 Å². The average molecular weight is 300 g/mol. The number of nitrogens with one attached hydrogen (secondary N) is 1. The van der Waals surface area contributed by atoms with Gasteiger partial charge in [-0.15, -0.1) is 0 Å². The van der Waals surface area contributed by atoms with Crippen LogP contribution in [-0.2, 0) is 9.53 Å². The maximum absolute atomic E-state index is 12.2. The number of amides is 1. The number of fused-ring (bicyclic) bond motifs is 1. The van der Waals surface area contributed by atoms with E-state index in [0.29, 0.717) is 11.1 Å². The monoisotopic (exact) mass is 300 g/mol. The van der Waals surface area contributed by atoms with Gasteiger partial charge in [0.15, 0.2) is 6.61 Å². The molecule has 1 amide bonds. The number of esters is 1. The first-order valence-electron chi connectivity index (χ1n) is 7.25. The molecule has 0 aliphatic heterocycles. The van der Waals surface area contributed by atoms with Crippen LogP contribution >= 0.6 is 0 Å². The van der Waals surface area contributed by atoms with Gasteiger partial charge in [0.1, 0.15) is 0 Å². The summed E-state index contributed by atoms with van der Waals surface area (Å²) in [6.45, 7) is 5.52. The summed E-state index contributed by atoms with van der Waals surface area (Å²) in [5.41, 5.74) is 0.620. The van der Waals surface area contributed by atoms with E-state index in [1.54, 1.807) is 24.4 Å². The first kappa shape index (κ1) is 15.9. The van der Waals surface area contributed by atoms with Crippen molar-refractivity contribution >= 4 is 22.8 Å². The number of hydrogen-bond donors (Lipinski definition) is 1. The summed E-state index contributed by atoms with van der Waals surface area (Å²) >= 11 is 0. The van der Waals surface area contributed by atoms with Crippen molar-refractivity contribution in [3.8, 4) is 0 Å². The maximum Gasteiger partial charge on any atom is 0.340 e. The highest BCUT2D eigenvalue weighted by Crippen LogP contribution is 2.16. The molecule has 1 heterocycles. The largest absolute Gasteiger partial charge is 0.452 e. The highest BCUT2D eigenvalue weighted by molar-refractivity contribution is 6.03. The number of hydrogen-bond acceptors (Lipinski definition) is 4. The smallest absolute Gasteiger partial charge is 0.340 e. The predicted octanol–water partition coefficient (Wildman–Crippen LogP) is 2.70. The van der Waals surface area contributed by atoms with Crippen molar-refractivity contribution in [2.24, 2.45) is 0 Å². The molecular weight excluding hydrogens is 280 g/mol. The van der Waals surface area contributed by atoms with Crippen LogP contribution in [0.4, 0.5) is 0 Å². The number of para-hydroxylation sites is 1. The van der Waals surface area contributed by atoms with Gasteiger partial charge in [0, 0.05) is 17.1 Å². The van der Waals surface area contributed by atoms with Crippen LogP contribution in [0.5, 0.6) is 0 Å². The standard InChI is InChI=1S/C17H20N2O3/c1-4-17(2,3)19-14(20)11-22-16(21)13-9-5-7-12-8-6-10-18-15(12)13/h5-10H,4,11H2,1-3H3,(H,19,20). The van der Waals surface area contributed by atoms with Gasteiger partial charge in [-0.3, -0.25) is 9.78 Å². The molecule has 0 radical (unpaired) electrons. The van der Waals surface area contributed by atoms with E-state index in [9.17, 15) is 9.59 Å². The molecule has 0 aliphatic rings. The van der Waals surface area contributed by atoms with Crippen LogP contribution in [0.15, 0.2) is 36.5 Å². The maximum atomic E-state index is 12.2. The van der Waals surface area contributed by atoms with Gasteiger partial charge in [0.05, 0.1) is 11.1 Å². The van der Waals surface area contributed by atoms with Crippen LogP contribution in [0.1, 0.15) is 37.6 Å². The lowest BCUT2D eigenvalue weighted by molar-refractivity contribution is -0.125. The number of ether oxygens (including phenoxy) is 1. The lowest BCUT2D eigenvalue weighted by Gasteiger charge is -2.24. The summed E-state index contributed by atoms with van der Waals surface area (Å²) in [7, 11) is 0. The molecule has 0 unspecified atom stereocenters. The molecule has 116 valence electrons. The fourth-order valence-corrected chi connectivity index (χ4v) is 1.98. The highest BCUT2D eigenvalue weighted by atomic mass is 16.5. The van der Waals surface area contributed by atoms with Crippen LogP contribution in [-0.4, -0.2) is 29.0 Å². The van der Waals surface area contributed by atoms with Crippen molar-refractivity contribution in [3.05, 3.63) is 42.1 Å². The molecule has 5 heteroatoms. The van der Waals surface area contributed by atoms with Gasteiger partial charge in [-0.1, -0.05) is 25.1 Å². The molecule has 0 aliphatic carbocycles. The Morgan fingerprint density at radius 3 is 2.68 bits per heavy atom. The molecule has 1 aromatic carbocycles. The SMILES string of the molecule is CCC(C)(C)NC(=O)COC(=O)c1cccc2cccnc12. The molecule has 2 rings (SSSR count). The van der Waals surface area contributed by atoms with E-state index in [1.807, 2.05) is 32.9 Å². The molecule has 0 bridgehead atoms. The molecule has 1 N–H and O–H groups in total. The molecule has 0 atom stereocenters. The second-order valence-corrected chi connectivity index (χ2v) is 5.74. The van der Waals surface area contributed by atoms with Crippen molar-refractivity contribution in [1.29, 1.82) is 0 Å². The fourth-order valence-electron chi connectivity index (χ4n) is 1.98. The summed E-state index contributed by atoms with van der Waals surface area (Å²) in [5, 5.41) is 3.67. The first-order chi connectivity index (χ1) is 10.4. The third kappa shape index (κ3) is 3.81. The Morgan fingerprint density at radius 2 is 1.95 bits per heavy atom. The summed E-state index contributed by atoms with van der Waals surface area (Å²) in [4.78, 5) is 28.2. The van der Waals surface area contributed by atoms with E-state index in [0.717, 1.165) is 11.8 Å². The zero-order valence-corrected chi connectivity index (χ0v) is 13.1. The van der Waals surface area contributed by atoms with Gasteiger partial charge < -0.3 is 10.1 Å². The highest BCUT2D eigenvalue weighted by Gasteiger charge is 2.19. The summed E-state index contributed by atoms with van der Waals surface area (Å²) in [6.07, 6.45) is 2.41. The number of nitrogens with zero attached hydrogens (tertiary/aromatic N) is 1. The molecule has 0 saturated heterocycles. The normalized spacial score (nSPS) is 11.2. The Kier molecular flexibility index (Phi) is 4.75. The number of rotatable bonds is 5. The number of aromatic nitrogens is 1. The third-order valence-electron chi connectivity index (χ3n) is 3.55. The van der Waals surface area contributed by atoms with Crippen molar-refractivity contribution < 1.29 is 14.3 Å². The van der Waals surface area contributed by atoms with E-state index >= 15 is 0 Å². The molecule has 0 spiro atoms. The fraction of sp³-hybridized carbons (Fsp3) is 0.353. The van der Waals surface area contributed by atoms with Crippen molar-refractivity contribution in [2.45, 2.75) is 32.7 Å². The van der Waals surface area contributed by atoms with E-state index < -0.39 is 5.97 Å². The Balaban J connectivity index is 2.05. The topological polar surface area (TPSA) is 68.3 Å². The lowest BCUT2D eigenvalue weighted by Crippen LogP contribution is -2.44. The minimum Gasteiger partial charge on any atom is -0.452 e. The molecule has 1 aromatic heterocycles. The molecule has 2 aromatic rings. The summed E-state index contributed by atoms with van der Waals surface area (Å²) in [5.74, 6) is -0.859. The van der Waals surface area contributed by atoms with Gasteiger partial charge in [0.2, 0.25) is 0 Å². The Hall–Kier alpha value is -2.43. The van der Waals surface area contributed by atoms with Crippen LogP contribution in [0.25, 0.3) is 10.9 Å². The van der Waals surface area contributed by atoms with Gasteiger partial charge in [-0.2, -0.15) is 0 Å². The van der Waals surface area contributed by atoms with Gasteiger partial charge >= 0.3 is 5.97 Å². The van der Waals surface area contributed by atoms with Gasteiger partial charge in [0.25, 0.3) is 5.91 Å². The van der Waals surface area contributed by atoms with Crippen LogP contribution in [0, 0.1) is 0 Å². The Labute approximate surface area is 129 Å². The third-order valence-corrected chi connectivity index (χ3v) is 3.55. The average Bonchev–Trinajstić information content (AvgIpc) is 2.51. The lowest BCUT2D eigenvalue weighted by atomic mass is 10.0. The minimum absolute atomic E-state index is 0.300. The minimum atomic E-state index is -0.547. The molecule has 22 heavy (non-hydrogen) atoms. The zero-order chi connectivity index (χ0) is 16.2. The van der Waals surface area contributed by atoms with E-state index in [4.69, 9.17) is 4.74 Å². The van der Waals surface area contributed by atoms with Crippen LogP contribution in [0.2, 0.25) is 0 Å². The quantitative estimate of drug-likeness (QED) is 0.862. The van der Waals surface area contributed by atoms with Crippen LogP contribution < -0.4 is 5.32 Å². The number of pyridine rings is 1. The Morgan fingerprint density at radius 1 is 1.23 bits per heavy atom. The van der Waals surface area contributed by atoms with E-state index in [2.05, 4.69) is 10.3 Å². The molecule has 5 nitrogen and oxygen atoms in total. The second kappa shape index (κ2) is 6.56. The Bertz CT molecular complexity index is 690. The van der Waals surface area contributed by atoms with Crippen LogP contribution in [0.3, 0.4) is 0 Å². The zero-order valence-electron chi connectivity index (χ0n) is 13.1. The van der Waals surface area contributed by atoms with Gasteiger partial charge in [-0.25, -0.2) is 4.79 Å². The van der Waals surface area contributed by atoms with E-state index in [-0.39, 0.29) is 18.1 Å². The van der Waals surface area contributed by atoms with Gasteiger partial charge in [-0.05, 0) is 32.4 Å². The number of carbonyl (C=O) groups is 2.